The molecule has 0 spiro atoms. The van der Waals surface area contributed by atoms with Gasteiger partial charge in [0.1, 0.15) is 6.10 Å². The molecule has 1 saturated carbocycles. The first-order valence-electron chi connectivity index (χ1n) is 10.4. The number of fused-ring (bicyclic) bond motifs is 2. The number of allylic oxidation sites excluding steroid dienone is 1. The number of likely N-dealkylation sites (N-methyl/N-ethyl adjacent to an activating group) is 1. The lowest BCUT2D eigenvalue weighted by atomic mass is 9.55. The second kappa shape index (κ2) is 7.99. The van der Waals surface area contributed by atoms with Crippen LogP contribution < -0.4 is 5.32 Å². The maximum atomic E-state index is 12.5. The molecule has 5 nitrogen and oxygen atoms in total. The van der Waals surface area contributed by atoms with Crippen LogP contribution in [0.25, 0.3) is 0 Å². The highest BCUT2D eigenvalue weighted by atomic mass is 16.6. The Kier molecular flexibility index (Phi) is 6.10. The number of rotatable bonds is 7. The molecule has 5 heteroatoms. The quantitative estimate of drug-likeness (QED) is 0.412. The molecule has 1 heterocycles. The Balaban J connectivity index is 1.67. The monoisotopic (exact) mass is 364 g/mol. The Morgan fingerprint density at radius 2 is 2.12 bits per heavy atom. The minimum atomic E-state index is -0.510. The van der Waals surface area contributed by atoms with Gasteiger partial charge in [0.15, 0.2) is 0 Å². The first-order chi connectivity index (χ1) is 12.4. The van der Waals surface area contributed by atoms with Crippen molar-refractivity contribution in [2.75, 3.05) is 32.7 Å². The van der Waals surface area contributed by atoms with Gasteiger partial charge in [-0.1, -0.05) is 39.3 Å². The molecule has 0 bridgehead atoms. The summed E-state index contributed by atoms with van der Waals surface area (Å²) < 4.78 is 5.71. The topological polar surface area (TPSA) is 61.8 Å². The van der Waals surface area contributed by atoms with Crippen molar-refractivity contribution in [1.29, 1.82) is 0 Å². The van der Waals surface area contributed by atoms with Crippen molar-refractivity contribution in [2.24, 2.45) is 23.2 Å². The van der Waals surface area contributed by atoms with E-state index in [1.165, 1.54) is 5.57 Å². The second-order valence-corrected chi connectivity index (χ2v) is 8.53. The zero-order valence-corrected chi connectivity index (χ0v) is 16.8. The van der Waals surface area contributed by atoms with E-state index in [0.717, 1.165) is 45.4 Å². The number of hydrogen-bond donors (Lipinski definition) is 2. The van der Waals surface area contributed by atoms with Crippen LogP contribution >= 0.6 is 0 Å². The van der Waals surface area contributed by atoms with Crippen molar-refractivity contribution in [2.45, 2.75) is 59.2 Å². The van der Waals surface area contributed by atoms with Gasteiger partial charge in [0, 0.05) is 37.4 Å². The van der Waals surface area contributed by atoms with Crippen LogP contribution in [0, 0.1) is 23.2 Å². The molecule has 6 unspecified atom stereocenters. The molecule has 0 amide bonds. The zero-order valence-electron chi connectivity index (χ0n) is 16.8. The third-order valence-corrected chi connectivity index (χ3v) is 7.43. The summed E-state index contributed by atoms with van der Waals surface area (Å²) in [5.41, 5.74) is 1.08. The molecule has 0 radical (unpaired) electrons. The predicted octanol–water partition coefficient (Wildman–Crippen LogP) is 2.20. The van der Waals surface area contributed by atoms with Crippen LogP contribution in [0.1, 0.15) is 47.0 Å². The van der Waals surface area contributed by atoms with Crippen molar-refractivity contribution in [3.8, 4) is 0 Å². The fraction of sp³-hybridized carbons (Fsp3) is 0.857. The first kappa shape index (κ1) is 19.8. The van der Waals surface area contributed by atoms with Gasteiger partial charge in [0.2, 0.25) is 0 Å². The highest BCUT2D eigenvalue weighted by Gasteiger charge is 2.59. The smallest absolute Gasteiger partial charge is 0.311 e. The van der Waals surface area contributed by atoms with Crippen LogP contribution in [0.5, 0.6) is 0 Å². The number of esters is 1. The fourth-order valence-electron chi connectivity index (χ4n) is 5.33. The number of ether oxygens (including phenoxy) is 1. The predicted molar refractivity (Wildman–Crippen MR) is 103 cm³/mol. The van der Waals surface area contributed by atoms with Gasteiger partial charge >= 0.3 is 5.97 Å². The van der Waals surface area contributed by atoms with E-state index in [2.05, 4.69) is 44.0 Å². The number of hydrogen-bond acceptors (Lipinski definition) is 5. The van der Waals surface area contributed by atoms with Crippen LogP contribution in [0.4, 0.5) is 0 Å². The molecular weight excluding hydrogens is 328 g/mol. The first-order valence-corrected chi connectivity index (χ1v) is 10.4. The molecule has 3 rings (SSSR count). The summed E-state index contributed by atoms with van der Waals surface area (Å²) in [6, 6.07) is 0. The number of carbonyl (C=O) groups excluding carboxylic acids is 1. The lowest BCUT2D eigenvalue weighted by molar-refractivity contribution is -0.144. The molecule has 2 aliphatic carbocycles. The number of nitrogens with one attached hydrogen (secondary N) is 1. The normalized spacial score (nSPS) is 39.4. The van der Waals surface area contributed by atoms with Gasteiger partial charge in [-0.25, -0.2) is 0 Å². The van der Waals surface area contributed by atoms with Crippen molar-refractivity contribution in [1.82, 2.24) is 10.2 Å². The maximum absolute atomic E-state index is 12.5. The second-order valence-electron chi connectivity index (χ2n) is 8.53. The number of aliphatic hydroxyl groups excluding tert-OH is 1. The lowest BCUT2D eigenvalue weighted by Gasteiger charge is -2.51. The Morgan fingerprint density at radius 1 is 1.38 bits per heavy atom. The molecule has 26 heavy (non-hydrogen) atoms. The summed E-state index contributed by atoms with van der Waals surface area (Å²) in [6.45, 7) is 13.3. The van der Waals surface area contributed by atoms with Crippen LogP contribution in [0.15, 0.2) is 11.6 Å². The van der Waals surface area contributed by atoms with Gasteiger partial charge < -0.3 is 20.1 Å². The summed E-state index contributed by atoms with van der Waals surface area (Å²) in [4.78, 5) is 14.9. The van der Waals surface area contributed by atoms with Crippen molar-refractivity contribution in [3.05, 3.63) is 11.6 Å². The average Bonchev–Trinajstić information content (AvgIpc) is 2.93. The van der Waals surface area contributed by atoms with E-state index < -0.39 is 6.10 Å². The molecule has 0 aromatic carbocycles. The zero-order chi connectivity index (χ0) is 18.9. The standard InChI is InChI=1S/C21H36N2O3/c1-5-23(6-2)11-10-22-13-16-18-17(26-20(16)25)12-15-9-7-8-14(3)21(15,4)19(18)24/h9,14,16-19,22,24H,5-8,10-13H2,1-4H3. The molecule has 0 aromatic heterocycles. The van der Waals surface area contributed by atoms with Crippen LogP contribution in [0.2, 0.25) is 0 Å². The van der Waals surface area contributed by atoms with Crippen molar-refractivity contribution >= 4 is 5.97 Å². The van der Waals surface area contributed by atoms with E-state index in [0.29, 0.717) is 12.5 Å². The molecule has 6 atom stereocenters. The largest absolute Gasteiger partial charge is 0.461 e. The van der Waals surface area contributed by atoms with E-state index in [1.807, 2.05) is 0 Å². The Morgan fingerprint density at radius 3 is 2.81 bits per heavy atom. The summed E-state index contributed by atoms with van der Waals surface area (Å²) >= 11 is 0. The highest BCUT2D eigenvalue weighted by molar-refractivity contribution is 5.76. The summed E-state index contributed by atoms with van der Waals surface area (Å²) in [5, 5.41) is 14.7. The van der Waals surface area contributed by atoms with E-state index in [9.17, 15) is 9.90 Å². The maximum Gasteiger partial charge on any atom is 0.311 e. The van der Waals surface area contributed by atoms with Gasteiger partial charge in [0.05, 0.1) is 12.0 Å². The van der Waals surface area contributed by atoms with Gasteiger partial charge in [0.25, 0.3) is 0 Å². The highest BCUT2D eigenvalue weighted by Crippen LogP contribution is 2.55. The summed E-state index contributed by atoms with van der Waals surface area (Å²) in [5.74, 6) is -0.0272. The molecule has 0 aromatic rings. The molecular formula is C21H36N2O3. The minimum absolute atomic E-state index is 0.0915. The molecule has 2 fully saturated rings. The van der Waals surface area contributed by atoms with Gasteiger partial charge in [-0.15, -0.1) is 0 Å². The lowest BCUT2D eigenvalue weighted by Crippen LogP contribution is -2.54. The Labute approximate surface area is 158 Å². The summed E-state index contributed by atoms with van der Waals surface area (Å²) in [7, 11) is 0. The van der Waals surface area contributed by atoms with Crippen LogP contribution in [-0.4, -0.2) is 60.9 Å². The summed E-state index contributed by atoms with van der Waals surface area (Å²) in [6.07, 6.45) is 4.59. The van der Waals surface area contributed by atoms with Crippen LogP contribution in [-0.2, 0) is 9.53 Å². The van der Waals surface area contributed by atoms with E-state index >= 15 is 0 Å². The fourth-order valence-corrected chi connectivity index (χ4v) is 5.33. The third kappa shape index (κ3) is 3.34. The van der Waals surface area contributed by atoms with Gasteiger partial charge in [-0.05, 0) is 31.8 Å². The van der Waals surface area contributed by atoms with E-state index in [-0.39, 0.29) is 29.3 Å². The Hall–Kier alpha value is -0.910. The molecule has 3 aliphatic rings. The molecule has 1 aliphatic heterocycles. The van der Waals surface area contributed by atoms with Crippen molar-refractivity contribution in [3.63, 3.8) is 0 Å². The van der Waals surface area contributed by atoms with Crippen LogP contribution in [0.3, 0.4) is 0 Å². The average molecular weight is 365 g/mol. The number of aliphatic hydroxyl groups is 1. The van der Waals surface area contributed by atoms with Gasteiger partial charge in [-0.3, -0.25) is 4.79 Å². The molecule has 1 saturated heterocycles. The third-order valence-electron chi connectivity index (χ3n) is 7.43. The van der Waals surface area contributed by atoms with Gasteiger partial charge in [-0.2, -0.15) is 0 Å². The van der Waals surface area contributed by atoms with E-state index in [4.69, 9.17) is 4.74 Å². The Bertz CT molecular complexity index is 545. The molecule has 148 valence electrons. The number of nitrogens with zero attached hydrogens (tertiary/aromatic N) is 1. The van der Waals surface area contributed by atoms with Crippen molar-refractivity contribution < 1.29 is 14.6 Å². The number of carbonyl (C=O) groups is 1. The van der Waals surface area contributed by atoms with E-state index in [1.54, 1.807) is 0 Å². The SMILES string of the molecule is CCN(CC)CCNCC1C(=O)OC2CC3=CCCC(C)C3(C)C(O)C21. The minimum Gasteiger partial charge on any atom is -0.461 e. The molecule has 2 N–H and O–H groups in total.